The predicted molar refractivity (Wildman–Crippen MR) is 129 cm³/mol. The van der Waals surface area contributed by atoms with Gasteiger partial charge in [-0.1, -0.05) is 17.3 Å². The Hall–Kier alpha value is -2.84. The molecule has 2 saturated heterocycles. The molecule has 8 heteroatoms. The molecule has 0 saturated carbocycles. The third kappa shape index (κ3) is 5.07. The molecule has 5 heterocycles. The van der Waals surface area contributed by atoms with E-state index in [2.05, 4.69) is 49.7 Å². The fourth-order valence-corrected chi connectivity index (χ4v) is 4.94. The van der Waals surface area contributed by atoms with Crippen molar-refractivity contribution in [3.8, 4) is 23.1 Å². The Balaban J connectivity index is 1.24. The highest BCUT2D eigenvalue weighted by molar-refractivity contribution is 5.56. The minimum atomic E-state index is 0.409. The van der Waals surface area contributed by atoms with Crippen LogP contribution in [0.4, 0.5) is 5.82 Å². The van der Waals surface area contributed by atoms with Crippen LogP contribution in [0.3, 0.4) is 0 Å². The number of hydrogen-bond donors (Lipinski definition) is 0. The molecule has 0 atom stereocenters. The molecule has 5 rings (SSSR count). The smallest absolute Gasteiger partial charge is 0.276 e. The summed E-state index contributed by atoms with van der Waals surface area (Å²) in [5.74, 6) is 1.88. The summed E-state index contributed by atoms with van der Waals surface area (Å²) >= 11 is 0. The average molecular weight is 448 g/mol. The normalized spacial score (nSPS) is 19.2. The summed E-state index contributed by atoms with van der Waals surface area (Å²) in [7, 11) is 0. The summed E-state index contributed by atoms with van der Waals surface area (Å²) in [5, 5.41) is 4.14. The molecule has 3 aromatic heterocycles. The largest absolute Gasteiger partial charge is 0.355 e. The Morgan fingerprint density at radius 1 is 0.879 bits per heavy atom. The second-order valence-electron chi connectivity index (χ2n) is 9.26. The standard InChI is InChI=1S/C25H33N7O/c1-19(2)30-15-10-20(11-16-30)31-13-6-14-32(18-17-31)23-9-5-8-21(27-23)24-28-25(33-29-24)22-7-3-4-12-26-22/h3-5,7-9,12,19-20H,6,10-11,13-18H2,1-2H3. The SMILES string of the molecule is CC(C)N1CCC(N2CCCN(c3cccc(-c4noc(-c5ccccn5)n4)n3)CC2)CC1. The molecular formula is C25H33N7O. The second kappa shape index (κ2) is 9.97. The maximum atomic E-state index is 5.43. The van der Waals surface area contributed by atoms with Crippen molar-refractivity contribution in [1.29, 1.82) is 0 Å². The zero-order valence-electron chi connectivity index (χ0n) is 19.6. The third-order valence-electron chi connectivity index (χ3n) is 6.87. The Morgan fingerprint density at radius 2 is 1.73 bits per heavy atom. The Bertz CT molecular complexity index is 1030. The summed E-state index contributed by atoms with van der Waals surface area (Å²) < 4.78 is 5.43. The van der Waals surface area contributed by atoms with Gasteiger partial charge in [-0.15, -0.1) is 0 Å². The van der Waals surface area contributed by atoms with Crippen LogP contribution in [0.1, 0.15) is 33.1 Å². The van der Waals surface area contributed by atoms with E-state index in [-0.39, 0.29) is 0 Å². The minimum Gasteiger partial charge on any atom is -0.355 e. The molecule has 8 nitrogen and oxygen atoms in total. The Morgan fingerprint density at radius 3 is 2.52 bits per heavy atom. The maximum Gasteiger partial charge on any atom is 0.276 e. The van der Waals surface area contributed by atoms with Crippen molar-refractivity contribution in [3.63, 3.8) is 0 Å². The average Bonchev–Trinajstić information content (AvgIpc) is 3.23. The van der Waals surface area contributed by atoms with Gasteiger partial charge >= 0.3 is 0 Å². The van der Waals surface area contributed by atoms with E-state index in [4.69, 9.17) is 9.51 Å². The molecule has 0 spiro atoms. The number of anilines is 1. The number of rotatable bonds is 5. The molecule has 2 aliphatic rings. The van der Waals surface area contributed by atoms with Crippen molar-refractivity contribution in [2.24, 2.45) is 0 Å². The van der Waals surface area contributed by atoms with Crippen molar-refractivity contribution in [1.82, 2.24) is 29.9 Å². The number of piperidine rings is 1. The van der Waals surface area contributed by atoms with E-state index < -0.39 is 0 Å². The van der Waals surface area contributed by atoms with Gasteiger partial charge in [-0.2, -0.15) is 4.98 Å². The summed E-state index contributed by atoms with van der Waals surface area (Å²) in [4.78, 5) is 21.4. The van der Waals surface area contributed by atoms with E-state index >= 15 is 0 Å². The fourth-order valence-electron chi connectivity index (χ4n) is 4.94. The van der Waals surface area contributed by atoms with E-state index in [9.17, 15) is 0 Å². The lowest BCUT2D eigenvalue weighted by Gasteiger charge is -2.39. The third-order valence-corrected chi connectivity index (χ3v) is 6.87. The van der Waals surface area contributed by atoms with Crippen LogP contribution in [0.5, 0.6) is 0 Å². The van der Waals surface area contributed by atoms with Gasteiger partial charge in [-0.05, 0) is 70.5 Å². The summed E-state index contributed by atoms with van der Waals surface area (Å²) in [6, 6.07) is 13.0. The first kappa shape index (κ1) is 22.0. The van der Waals surface area contributed by atoms with Crippen molar-refractivity contribution in [2.45, 2.75) is 45.2 Å². The monoisotopic (exact) mass is 447 g/mol. The number of hydrogen-bond acceptors (Lipinski definition) is 8. The van der Waals surface area contributed by atoms with Crippen LogP contribution >= 0.6 is 0 Å². The van der Waals surface area contributed by atoms with E-state index in [0.717, 1.165) is 37.6 Å². The van der Waals surface area contributed by atoms with Gasteiger partial charge in [0.15, 0.2) is 0 Å². The zero-order valence-corrected chi connectivity index (χ0v) is 19.6. The van der Waals surface area contributed by atoms with Crippen LogP contribution in [-0.2, 0) is 0 Å². The molecule has 0 N–H and O–H groups in total. The summed E-state index contributed by atoms with van der Waals surface area (Å²) in [5.41, 5.74) is 1.39. The Labute approximate surface area is 195 Å². The van der Waals surface area contributed by atoms with Crippen LogP contribution in [0.2, 0.25) is 0 Å². The lowest BCUT2D eigenvalue weighted by molar-refractivity contribution is 0.0965. The molecule has 0 aromatic carbocycles. The quantitative estimate of drug-likeness (QED) is 0.588. The number of likely N-dealkylation sites (tertiary alicyclic amines) is 1. The van der Waals surface area contributed by atoms with Crippen molar-refractivity contribution >= 4 is 5.82 Å². The fraction of sp³-hybridized carbons (Fsp3) is 0.520. The molecule has 174 valence electrons. The first-order valence-corrected chi connectivity index (χ1v) is 12.1. The topological polar surface area (TPSA) is 74.4 Å². The minimum absolute atomic E-state index is 0.409. The molecule has 0 amide bonds. The van der Waals surface area contributed by atoms with Crippen molar-refractivity contribution in [2.75, 3.05) is 44.2 Å². The Kier molecular flexibility index (Phi) is 6.64. The van der Waals surface area contributed by atoms with Gasteiger partial charge < -0.3 is 14.3 Å². The van der Waals surface area contributed by atoms with E-state index in [0.29, 0.717) is 29.5 Å². The highest BCUT2D eigenvalue weighted by atomic mass is 16.5. The highest BCUT2D eigenvalue weighted by Gasteiger charge is 2.27. The predicted octanol–water partition coefficient (Wildman–Crippen LogP) is 3.58. The van der Waals surface area contributed by atoms with Gasteiger partial charge in [-0.3, -0.25) is 9.88 Å². The lowest BCUT2D eigenvalue weighted by atomic mass is 10.0. The van der Waals surface area contributed by atoms with Gasteiger partial charge in [0.25, 0.3) is 5.89 Å². The van der Waals surface area contributed by atoms with Gasteiger partial charge in [0.1, 0.15) is 17.2 Å². The van der Waals surface area contributed by atoms with E-state index in [1.807, 2.05) is 30.3 Å². The number of pyridine rings is 2. The van der Waals surface area contributed by atoms with Crippen LogP contribution < -0.4 is 4.90 Å². The molecule has 3 aromatic rings. The molecule has 33 heavy (non-hydrogen) atoms. The van der Waals surface area contributed by atoms with Crippen LogP contribution in [0, 0.1) is 0 Å². The number of aromatic nitrogens is 4. The van der Waals surface area contributed by atoms with Crippen molar-refractivity contribution < 1.29 is 4.52 Å². The molecule has 0 radical (unpaired) electrons. The molecule has 0 unspecified atom stereocenters. The number of nitrogens with zero attached hydrogens (tertiary/aromatic N) is 7. The van der Waals surface area contributed by atoms with Gasteiger partial charge in [0, 0.05) is 44.5 Å². The van der Waals surface area contributed by atoms with E-state index in [1.165, 1.54) is 32.5 Å². The molecule has 2 fully saturated rings. The molecule has 2 aliphatic heterocycles. The summed E-state index contributed by atoms with van der Waals surface area (Å²) in [6.07, 6.45) is 5.43. The van der Waals surface area contributed by atoms with E-state index in [1.54, 1.807) is 6.20 Å². The van der Waals surface area contributed by atoms with Gasteiger partial charge in [-0.25, -0.2) is 4.98 Å². The first-order valence-electron chi connectivity index (χ1n) is 12.1. The van der Waals surface area contributed by atoms with Gasteiger partial charge in [0.05, 0.1) is 0 Å². The van der Waals surface area contributed by atoms with Crippen LogP contribution in [0.25, 0.3) is 23.1 Å². The lowest BCUT2D eigenvalue weighted by Crippen LogP contribution is -2.47. The highest BCUT2D eigenvalue weighted by Crippen LogP contribution is 2.24. The second-order valence-corrected chi connectivity index (χ2v) is 9.26. The molecular weight excluding hydrogens is 414 g/mol. The van der Waals surface area contributed by atoms with Crippen LogP contribution in [-0.4, -0.2) is 81.3 Å². The zero-order chi connectivity index (χ0) is 22.6. The van der Waals surface area contributed by atoms with Gasteiger partial charge in [0.2, 0.25) is 5.82 Å². The first-order chi connectivity index (χ1) is 16.2. The summed E-state index contributed by atoms with van der Waals surface area (Å²) in [6.45, 7) is 11.3. The molecule has 0 aliphatic carbocycles. The molecule has 0 bridgehead atoms. The maximum absolute atomic E-state index is 5.43. The van der Waals surface area contributed by atoms with Crippen LogP contribution in [0.15, 0.2) is 47.1 Å². The van der Waals surface area contributed by atoms with Crippen molar-refractivity contribution in [3.05, 3.63) is 42.6 Å².